The summed E-state index contributed by atoms with van der Waals surface area (Å²) < 4.78 is 0. The van der Waals surface area contributed by atoms with E-state index < -0.39 is 0 Å². The number of aryl methyl sites for hydroxylation is 1. The fourth-order valence-electron chi connectivity index (χ4n) is 4.66. The highest BCUT2D eigenvalue weighted by Gasteiger charge is 2.37. The third kappa shape index (κ3) is 5.39. The maximum Gasteiger partial charge on any atom is 0.254 e. The molecule has 160 valence electrons. The van der Waals surface area contributed by atoms with Gasteiger partial charge in [0.15, 0.2) is 0 Å². The first kappa shape index (κ1) is 21.8. The maximum atomic E-state index is 13.1. The summed E-state index contributed by atoms with van der Waals surface area (Å²) in [5.41, 5.74) is 1.81. The van der Waals surface area contributed by atoms with E-state index in [1.54, 1.807) is 0 Å². The van der Waals surface area contributed by atoms with E-state index in [2.05, 4.69) is 24.1 Å². The van der Waals surface area contributed by atoms with Gasteiger partial charge in [-0.3, -0.25) is 14.5 Å². The van der Waals surface area contributed by atoms with Gasteiger partial charge in [-0.05, 0) is 43.2 Å². The summed E-state index contributed by atoms with van der Waals surface area (Å²) in [7, 11) is 0. The van der Waals surface area contributed by atoms with Crippen molar-refractivity contribution in [2.24, 2.45) is 11.8 Å². The van der Waals surface area contributed by atoms with Crippen molar-refractivity contribution in [1.29, 1.82) is 0 Å². The third-order valence-corrected chi connectivity index (χ3v) is 6.81. The molecular formula is C24H37N3O2. The molecular weight excluding hydrogens is 362 g/mol. The summed E-state index contributed by atoms with van der Waals surface area (Å²) in [6.45, 7) is 10.0. The first-order valence-corrected chi connectivity index (χ1v) is 11.4. The summed E-state index contributed by atoms with van der Waals surface area (Å²) in [6.07, 6.45) is 5.82. The van der Waals surface area contributed by atoms with E-state index in [1.165, 1.54) is 12.8 Å². The molecule has 1 aliphatic carbocycles. The van der Waals surface area contributed by atoms with E-state index in [1.807, 2.05) is 36.1 Å². The van der Waals surface area contributed by atoms with Crippen molar-refractivity contribution in [2.45, 2.75) is 58.9 Å². The van der Waals surface area contributed by atoms with Gasteiger partial charge in [0.1, 0.15) is 0 Å². The molecule has 0 bridgehead atoms. The van der Waals surface area contributed by atoms with Crippen LogP contribution >= 0.6 is 0 Å². The van der Waals surface area contributed by atoms with Gasteiger partial charge < -0.3 is 10.2 Å². The molecule has 1 saturated carbocycles. The lowest BCUT2D eigenvalue weighted by atomic mass is 9.94. The van der Waals surface area contributed by atoms with Crippen molar-refractivity contribution < 1.29 is 9.59 Å². The smallest absolute Gasteiger partial charge is 0.254 e. The number of carbonyl (C=O) groups excluding carboxylic acids is 2. The minimum atomic E-state index is -0.0442. The highest BCUT2D eigenvalue weighted by atomic mass is 16.2. The van der Waals surface area contributed by atoms with E-state index >= 15 is 0 Å². The zero-order valence-corrected chi connectivity index (χ0v) is 18.3. The number of hydrogen-bond acceptors (Lipinski definition) is 3. The summed E-state index contributed by atoms with van der Waals surface area (Å²) >= 11 is 0. The summed E-state index contributed by atoms with van der Waals surface area (Å²) in [5.74, 6) is 1.26. The molecule has 5 nitrogen and oxygen atoms in total. The average Bonchev–Trinajstić information content (AvgIpc) is 3.27. The SMILES string of the molecule is CC[C@H](C)CNC(=O)[C@H](C1CCCC1)N1CCN(C(=O)c2ccccc2C)CC1. The molecule has 29 heavy (non-hydrogen) atoms. The van der Waals surface area contributed by atoms with Crippen LogP contribution in [0.2, 0.25) is 0 Å². The van der Waals surface area contributed by atoms with Gasteiger partial charge in [-0.25, -0.2) is 0 Å². The van der Waals surface area contributed by atoms with Crippen molar-refractivity contribution in [1.82, 2.24) is 15.1 Å². The normalized spacial score (nSPS) is 20.4. The van der Waals surface area contributed by atoms with Crippen LogP contribution in [-0.4, -0.2) is 60.4 Å². The average molecular weight is 400 g/mol. The quantitative estimate of drug-likeness (QED) is 0.764. The molecule has 1 aliphatic heterocycles. The lowest BCUT2D eigenvalue weighted by Crippen LogP contribution is -2.58. The van der Waals surface area contributed by atoms with Crippen LogP contribution in [0.1, 0.15) is 61.9 Å². The van der Waals surface area contributed by atoms with Crippen LogP contribution in [0, 0.1) is 18.8 Å². The molecule has 1 saturated heterocycles. The summed E-state index contributed by atoms with van der Waals surface area (Å²) in [5, 5.41) is 3.21. The molecule has 1 aromatic rings. The molecule has 2 amide bonds. The van der Waals surface area contributed by atoms with Crippen LogP contribution < -0.4 is 5.32 Å². The fraction of sp³-hybridized carbons (Fsp3) is 0.667. The van der Waals surface area contributed by atoms with Gasteiger partial charge in [0, 0.05) is 38.3 Å². The number of nitrogens with one attached hydrogen (secondary N) is 1. The van der Waals surface area contributed by atoms with Crippen LogP contribution in [0.15, 0.2) is 24.3 Å². The van der Waals surface area contributed by atoms with Crippen LogP contribution in [0.25, 0.3) is 0 Å². The molecule has 3 rings (SSSR count). The third-order valence-electron chi connectivity index (χ3n) is 6.81. The lowest BCUT2D eigenvalue weighted by Gasteiger charge is -2.41. The Kier molecular flexibility index (Phi) is 7.70. The number of piperazine rings is 1. The second-order valence-electron chi connectivity index (χ2n) is 8.89. The zero-order chi connectivity index (χ0) is 20.8. The predicted octanol–water partition coefficient (Wildman–Crippen LogP) is 3.47. The summed E-state index contributed by atoms with van der Waals surface area (Å²) in [6, 6.07) is 7.74. The molecule has 1 N–H and O–H groups in total. The maximum absolute atomic E-state index is 13.1. The first-order chi connectivity index (χ1) is 14.0. The Labute approximate surface area is 175 Å². The van der Waals surface area contributed by atoms with Crippen molar-refractivity contribution >= 4 is 11.8 Å². The summed E-state index contributed by atoms with van der Waals surface area (Å²) in [4.78, 5) is 30.3. The van der Waals surface area contributed by atoms with E-state index in [-0.39, 0.29) is 17.9 Å². The van der Waals surface area contributed by atoms with E-state index in [0.717, 1.165) is 50.0 Å². The van der Waals surface area contributed by atoms with Crippen molar-refractivity contribution in [2.75, 3.05) is 32.7 Å². The Morgan fingerprint density at radius 3 is 2.38 bits per heavy atom. The van der Waals surface area contributed by atoms with Crippen LogP contribution in [-0.2, 0) is 4.79 Å². The minimum absolute atomic E-state index is 0.0442. The highest BCUT2D eigenvalue weighted by molar-refractivity contribution is 5.95. The fourth-order valence-corrected chi connectivity index (χ4v) is 4.66. The van der Waals surface area contributed by atoms with Crippen LogP contribution in [0.5, 0.6) is 0 Å². The van der Waals surface area contributed by atoms with Crippen molar-refractivity contribution in [3.8, 4) is 0 Å². The van der Waals surface area contributed by atoms with Crippen LogP contribution in [0.4, 0.5) is 0 Å². The molecule has 2 atom stereocenters. The minimum Gasteiger partial charge on any atom is -0.354 e. The number of carbonyl (C=O) groups is 2. The van der Waals surface area contributed by atoms with Gasteiger partial charge in [-0.1, -0.05) is 51.3 Å². The standard InChI is InChI=1S/C24H37N3O2/c1-4-18(2)17-25-23(28)22(20-10-6-7-11-20)26-13-15-27(16-14-26)24(29)21-12-8-5-9-19(21)3/h5,8-9,12,18,20,22H,4,6-7,10-11,13-17H2,1-3H3,(H,25,28)/t18-,22-/m0/s1. The zero-order valence-electron chi connectivity index (χ0n) is 18.3. The topological polar surface area (TPSA) is 52.7 Å². The Hall–Kier alpha value is -1.88. The molecule has 0 spiro atoms. The number of rotatable bonds is 7. The second-order valence-corrected chi connectivity index (χ2v) is 8.89. The monoisotopic (exact) mass is 399 g/mol. The van der Waals surface area contributed by atoms with Gasteiger partial charge in [0.05, 0.1) is 6.04 Å². The van der Waals surface area contributed by atoms with Crippen LogP contribution in [0.3, 0.4) is 0 Å². The molecule has 5 heteroatoms. The second kappa shape index (κ2) is 10.2. The molecule has 0 aromatic heterocycles. The van der Waals surface area contributed by atoms with Crippen molar-refractivity contribution in [3.05, 3.63) is 35.4 Å². The highest BCUT2D eigenvalue weighted by Crippen LogP contribution is 2.31. The van der Waals surface area contributed by atoms with Gasteiger partial charge in [-0.15, -0.1) is 0 Å². The van der Waals surface area contributed by atoms with Gasteiger partial charge >= 0.3 is 0 Å². The van der Waals surface area contributed by atoms with E-state index in [0.29, 0.717) is 24.9 Å². The largest absolute Gasteiger partial charge is 0.354 e. The van der Waals surface area contributed by atoms with Gasteiger partial charge in [0.2, 0.25) is 5.91 Å². The molecule has 2 aliphatic rings. The Balaban J connectivity index is 1.62. The number of benzene rings is 1. The molecule has 0 radical (unpaired) electrons. The molecule has 0 unspecified atom stereocenters. The molecule has 1 heterocycles. The van der Waals surface area contributed by atoms with E-state index in [4.69, 9.17) is 0 Å². The molecule has 2 fully saturated rings. The molecule has 1 aromatic carbocycles. The number of nitrogens with zero attached hydrogens (tertiary/aromatic N) is 2. The Bertz CT molecular complexity index is 691. The lowest BCUT2D eigenvalue weighted by molar-refractivity contribution is -0.129. The number of amides is 2. The van der Waals surface area contributed by atoms with E-state index in [9.17, 15) is 9.59 Å². The first-order valence-electron chi connectivity index (χ1n) is 11.4. The number of hydrogen-bond donors (Lipinski definition) is 1. The van der Waals surface area contributed by atoms with Gasteiger partial charge in [-0.2, -0.15) is 0 Å². The predicted molar refractivity (Wildman–Crippen MR) is 117 cm³/mol. The van der Waals surface area contributed by atoms with Crippen molar-refractivity contribution in [3.63, 3.8) is 0 Å². The van der Waals surface area contributed by atoms with Gasteiger partial charge in [0.25, 0.3) is 5.91 Å². The Morgan fingerprint density at radius 2 is 1.76 bits per heavy atom. The Morgan fingerprint density at radius 1 is 1.10 bits per heavy atom.